The van der Waals surface area contributed by atoms with Gasteiger partial charge in [-0.15, -0.1) is 0 Å². The van der Waals surface area contributed by atoms with Gasteiger partial charge in [0.15, 0.2) is 0 Å². The maximum Gasteiger partial charge on any atom is 0.411 e. The van der Waals surface area contributed by atoms with Crippen molar-refractivity contribution in [1.29, 1.82) is 0 Å². The second-order valence-electron chi connectivity index (χ2n) is 5.10. The average molecular weight is 365 g/mol. The Balaban J connectivity index is 2.83. The van der Waals surface area contributed by atoms with Gasteiger partial charge >= 0.3 is 12.4 Å². The molecule has 4 nitrogen and oxygen atoms in total. The standard InChI is InChI=1S/C15H9F6NO3/c16-14(17,18)13(15(19,20)21,10-3-7-12(23)8-4-10)9-1-5-11(6-2-9)22(24)25/h1-8,23H. The maximum atomic E-state index is 13.7. The molecule has 0 fully saturated rings. The molecule has 0 radical (unpaired) electrons. The molecule has 0 spiro atoms. The van der Waals surface area contributed by atoms with Gasteiger partial charge in [-0.25, -0.2) is 0 Å². The van der Waals surface area contributed by atoms with Gasteiger partial charge in [-0.1, -0.05) is 24.3 Å². The minimum atomic E-state index is -5.79. The van der Waals surface area contributed by atoms with Crippen molar-refractivity contribution < 1.29 is 36.4 Å². The van der Waals surface area contributed by atoms with Gasteiger partial charge in [0.05, 0.1) is 4.92 Å². The van der Waals surface area contributed by atoms with Crippen LogP contribution in [0.25, 0.3) is 0 Å². The molecule has 0 saturated carbocycles. The lowest BCUT2D eigenvalue weighted by atomic mass is 9.73. The largest absolute Gasteiger partial charge is 0.508 e. The van der Waals surface area contributed by atoms with Gasteiger partial charge < -0.3 is 5.11 Å². The molecular weight excluding hydrogens is 356 g/mol. The Morgan fingerprint density at radius 3 is 1.44 bits per heavy atom. The number of nitrogens with zero attached hydrogens (tertiary/aromatic N) is 1. The first-order valence-corrected chi connectivity index (χ1v) is 6.59. The number of phenolic OH excluding ortho intramolecular Hbond substituents is 1. The summed E-state index contributed by atoms with van der Waals surface area (Å²) in [5, 5.41) is 19.8. The van der Waals surface area contributed by atoms with E-state index in [9.17, 15) is 36.5 Å². The Labute approximate surface area is 136 Å². The second kappa shape index (κ2) is 5.94. The van der Waals surface area contributed by atoms with E-state index in [1.807, 2.05) is 0 Å². The molecule has 2 aromatic carbocycles. The van der Waals surface area contributed by atoms with E-state index in [1.54, 1.807) is 0 Å². The second-order valence-corrected chi connectivity index (χ2v) is 5.10. The molecule has 0 amide bonds. The van der Waals surface area contributed by atoms with E-state index >= 15 is 0 Å². The third-order valence-electron chi connectivity index (χ3n) is 3.66. The Morgan fingerprint density at radius 2 is 1.12 bits per heavy atom. The molecule has 0 heterocycles. The van der Waals surface area contributed by atoms with E-state index in [2.05, 4.69) is 0 Å². The lowest BCUT2D eigenvalue weighted by molar-refractivity contribution is -0.384. The number of nitro groups is 1. The highest BCUT2D eigenvalue weighted by molar-refractivity contribution is 5.47. The maximum absolute atomic E-state index is 13.7. The lowest BCUT2D eigenvalue weighted by Crippen LogP contribution is -2.54. The summed E-state index contributed by atoms with van der Waals surface area (Å²) in [6.45, 7) is 0. The van der Waals surface area contributed by atoms with Crippen molar-refractivity contribution in [1.82, 2.24) is 0 Å². The van der Waals surface area contributed by atoms with Gasteiger partial charge in [-0.05, 0) is 23.3 Å². The Kier molecular flexibility index (Phi) is 4.41. The molecule has 0 atom stereocenters. The fraction of sp³-hybridized carbons (Fsp3) is 0.200. The zero-order valence-electron chi connectivity index (χ0n) is 12.1. The number of rotatable bonds is 3. The number of hydrogen-bond acceptors (Lipinski definition) is 3. The van der Waals surface area contributed by atoms with Crippen LogP contribution in [0.4, 0.5) is 32.0 Å². The normalized spacial score (nSPS) is 12.9. The van der Waals surface area contributed by atoms with Gasteiger partial charge in [0, 0.05) is 12.1 Å². The van der Waals surface area contributed by atoms with Gasteiger partial charge in [-0.3, -0.25) is 10.1 Å². The Hall–Kier alpha value is -2.78. The van der Waals surface area contributed by atoms with Crippen LogP contribution in [0.5, 0.6) is 5.75 Å². The predicted octanol–water partition coefficient (Wildman–Crippen LogP) is 4.71. The number of aromatic hydroxyl groups is 1. The summed E-state index contributed by atoms with van der Waals surface area (Å²) in [6.07, 6.45) is -11.6. The summed E-state index contributed by atoms with van der Waals surface area (Å²) >= 11 is 0. The van der Waals surface area contributed by atoms with E-state index in [1.165, 1.54) is 0 Å². The smallest absolute Gasteiger partial charge is 0.411 e. The highest BCUT2D eigenvalue weighted by Crippen LogP contribution is 2.56. The molecule has 1 N–H and O–H groups in total. The van der Waals surface area contributed by atoms with Crippen LogP contribution in [-0.4, -0.2) is 22.4 Å². The first kappa shape index (κ1) is 18.6. The minimum absolute atomic E-state index is 0.423. The fourth-order valence-electron chi connectivity index (χ4n) is 2.53. The summed E-state index contributed by atoms with van der Waals surface area (Å²) in [5.74, 6) is -0.509. The van der Waals surface area contributed by atoms with Gasteiger partial charge in [0.1, 0.15) is 5.75 Å². The summed E-state index contributed by atoms with van der Waals surface area (Å²) in [4.78, 5) is 9.66. The molecule has 10 heteroatoms. The van der Waals surface area contributed by atoms with Crippen molar-refractivity contribution in [2.75, 3.05) is 0 Å². The number of hydrogen-bond donors (Lipinski definition) is 1. The quantitative estimate of drug-likeness (QED) is 0.487. The van der Waals surface area contributed by atoms with E-state index in [4.69, 9.17) is 5.11 Å². The Bertz CT molecular complexity index is 752. The minimum Gasteiger partial charge on any atom is -0.508 e. The van der Waals surface area contributed by atoms with Crippen molar-refractivity contribution in [3.05, 3.63) is 69.8 Å². The molecule has 0 bridgehead atoms. The van der Waals surface area contributed by atoms with E-state index < -0.39 is 45.3 Å². The van der Waals surface area contributed by atoms with Gasteiger partial charge in [-0.2, -0.15) is 26.3 Å². The first-order valence-electron chi connectivity index (χ1n) is 6.59. The molecule has 0 unspecified atom stereocenters. The lowest BCUT2D eigenvalue weighted by Gasteiger charge is -2.38. The average Bonchev–Trinajstić information content (AvgIpc) is 2.47. The number of nitro benzene ring substituents is 1. The number of phenols is 1. The van der Waals surface area contributed by atoms with Crippen LogP contribution in [-0.2, 0) is 5.41 Å². The zero-order valence-corrected chi connectivity index (χ0v) is 12.1. The highest BCUT2D eigenvalue weighted by atomic mass is 19.4. The zero-order chi connectivity index (χ0) is 19.0. The van der Waals surface area contributed by atoms with Crippen LogP contribution in [0.3, 0.4) is 0 Å². The van der Waals surface area contributed by atoms with Crippen molar-refractivity contribution in [3.63, 3.8) is 0 Å². The molecule has 0 aliphatic rings. The molecule has 2 rings (SSSR count). The molecule has 2 aromatic rings. The van der Waals surface area contributed by atoms with E-state index in [0.717, 1.165) is 0 Å². The van der Waals surface area contributed by atoms with Crippen molar-refractivity contribution in [2.24, 2.45) is 0 Å². The molecule has 25 heavy (non-hydrogen) atoms. The van der Waals surface area contributed by atoms with Crippen LogP contribution in [0, 0.1) is 10.1 Å². The SMILES string of the molecule is O=[N+]([O-])c1ccc(C(c2ccc(O)cc2)(C(F)(F)F)C(F)(F)F)cc1. The van der Waals surface area contributed by atoms with Gasteiger partial charge in [0.25, 0.3) is 5.69 Å². The number of benzene rings is 2. The van der Waals surface area contributed by atoms with Crippen LogP contribution in [0.15, 0.2) is 48.5 Å². The van der Waals surface area contributed by atoms with Crippen LogP contribution < -0.4 is 0 Å². The van der Waals surface area contributed by atoms with Gasteiger partial charge in [0.2, 0.25) is 5.41 Å². The van der Waals surface area contributed by atoms with Crippen LogP contribution in [0.1, 0.15) is 11.1 Å². The monoisotopic (exact) mass is 365 g/mol. The summed E-state index contributed by atoms with van der Waals surface area (Å²) in [5.41, 5.74) is -7.43. The number of halogens is 6. The van der Waals surface area contributed by atoms with E-state index in [-0.39, 0.29) is 0 Å². The summed E-state index contributed by atoms with van der Waals surface area (Å²) < 4.78 is 82.1. The molecule has 134 valence electrons. The first-order chi connectivity index (χ1) is 11.4. The topological polar surface area (TPSA) is 63.4 Å². The third kappa shape index (κ3) is 2.99. The third-order valence-corrected chi connectivity index (χ3v) is 3.66. The van der Waals surface area contributed by atoms with Crippen molar-refractivity contribution in [3.8, 4) is 5.75 Å². The Morgan fingerprint density at radius 1 is 0.760 bits per heavy atom. The molecule has 0 aromatic heterocycles. The molecular formula is C15H9F6NO3. The van der Waals surface area contributed by atoms with Crippen LogP contribution in [0.2, 0.25) is 0 Å². The molecule has 0 saturated heterocycles. The van der Waals surface area contributed by atoms with Crippen LogP contribution >= 0.6 is 0 Å². The predicted molar refractivity (Wildman–Crippen MR) is 74.1 cm³/mol. The number of alkyl halides is 6. The molecule has 0 aliphatic carbocycles. The highest BCUT2D eigenvalue weighted by Gasteiger charge is 2.72. The fourth-order valence-corrected chi connectivity index (χ4v) is 2.53. The summed E-state index contributed by atoms with van der Waals surface area (Å²) in [7, 11) is 0. The number of non-ortho nitro benzene ring substituents is 1. The van der Waals surface area contributed by atoms with Crippen molar-refractivity contribution in [2.45, 2.75) is 17.8 Å². The van der Waals surface area contributed by atoms with E-state index in [0.29, 0.717) is 48.5 Å². The molecule has 0 aliphatic heterocycles. The summed E-state index contributed by atoms with van der Waals surface area (Å²) in [6, 6.07) is 4.41. The van der Waals surface area contributed by atoms with Crippen molar-refractivity contribution >= 4 is 5.69 Å².